The summed E-state index contributed by atoms with van der Waals surface area (Å²) in [5.74, 6) is 0.0809. The molecule has 0 aliphatic heterocycles. The number of sulfone groups is 1. The lowest BCUT2D eigenvalue weighted by Gasteiger charge is -2.06. The first kappa shape index (κ1) is 10.5. The van der Waals surface area contributed by atoms with E-state index in [9.17, 15) is 8.42 Å². The van der Waals surface area contributed by atoms with Gasteiger partial charge in [0.1, 0.15) is 0 Å². The molecule has 0 aromatic heterocycles. The molecule has 0 spiro atoms. The van der Waals surface area contributed by atoms with Crippen LogP contribution in [-0.4, -0.2) is 14.2 Å². The number of rotatable bonds is 2. The van der Waals surface area contributed by atoms with E-state index in [1.165, 1.54) is 0 Å². The number of hydrogen-bond acceptors (Lipinski definition) is 2. The van der Waals surface area contributed by atoms with Crippen LogP contribution in [0, 0.1) is 6.92 Å². The third-order valence-electron chi connectivity index (χ3n) is 1.85. The van der Waals surface area contributed by atoms with E-state index < -0.39 is 9.84 Å². The molecule has 13 heavy (non-hydrogen) atoms. The first-order valence-corrected chi connectivity index (χ1v) is 6.00. The van der Waals surface area contributed by atoms with E-state index in [2.05, 4.69) is 0 Å². The van der Waals surface area contributed by atoms with Crippen LogP contribution in [0.5, 0.6) is 0 Å². The van der Waals surface area contributed by atoms with Crippen molar-refractivity contribution in [1.29, 1.82) is 0 Å². The summed E-state index contributed by atoms with van der Waals surface area (Å²) < 4.78 is 23.1. The van der Waals surface area contributed by atoms with E-state index in [-0.39, 0.29) is 10.6 Å². The molecule has 72 valence electrons. The molecule has 1 aromatic carbocycles. The van der Waals surface area contributed by atoms with Crippen LogP contribution in [0.4, 0.5) is 0 Å². The van der Waals surface area contributed by atoms with Crippen LogP contribution in [0.3, 0.4) is 0 Å². The standard InChI is InChI=1S/C9H11ClO2S/c1-3-13(11,12)9-7(2)5-4-6-8(9)10/h4-6H,3H2,1-2H3. The molecule has 0 heterocycles. The Balaban J connectivity index is 3.46. The highest BCUT2D eigenvalue weighted by atomic mass is 35.5. The summed E-state index contributed by atoms with van der Waals surface area (Å²) in [4.78, 5) is 0.263. The zero-order valence-corrected chi connectivity index (χ0v) is 9.11. The smallest absolute Gasteiger partial charge is 0.179 e. The Kier molecular flexibility index (Phi) is 2.98. The van der Waals surface area contributed by atoms with Crippen molar-refractivity contribution in [2.75, 3.05) is 5.75 Å². The lowest BCUT2D eigenvalue weighted by molar-refractivity contribution is 0.597. The molecule has 0 fully saturated rings. The van der Waals surface area contributed by atoms with Gasteiger partial charge < -0.3 is 0 Å². The molecule has 1 aromatic rings. The maximum Gasteiger partial charge on any atom is 0.179 e. The van der Waals surface area contributed by atoms with E-state index in [1.54, 1.807) is 32.0 Å². The van der Waals surface area contributed by atoms with Gasteiger partial charge in [0, 0.05) is 0 Å². The molecular formula is C9H11ClO2S. The summed E-state index contributed by atoms with van der Waals surface area (Å²) in [6, 6.07) is 5.08. The highest BCUT2D eigenvalue weighted by Gasteiger charge is 2.17. The van der Waals surface area contributed by atoms with Gasteiger partial charge in [-0.25, -0.2) is 8.42 Å². The van der Waals surface area contributed by atoms with Gasteiger partial charge in [-0.2, -0.15) is 0 Å². The summed E-state index contributed by atoms with van der Waals surface area (Å²) in [5.41, 5.74) is 0.703. The third kappa shape index (κ3) is 2.03. The lowest BCUT2D eigenvalue weighted by atomic mass is 10.2. The predicted molar refractivity (Wildman–Crippen MR) is 53.9 cm³/mol. The Labute approximate surface area is 83.5 Å². The van der Waals surface area contributed by atoms with Crippen LogP contribution in [-0.2, 0) is 9.84 Å². The SMILES string of the molecule is CCS(=O)(=O)c1c(C)cccc1Cl. The van der Waals surface area contributed by atoms with Gasteiger partial charge in [0.2, 0.25) is 0 Å². The second kappa shape index (κ2) is 3.68. The average Bonchev–Trinajstić information content (AvgIpc) is 2.03. The molecule has 4 heteroatoms. The van der Waals surface area contributed by atoms with Gasteiger partial charge in [0.15, 0.2) is 9.84 Å². The van der Waals surface area contributed by atoms with Crippen molar-refractivity contribution < 1.29 is 8.42 Å². The fourth-order valence-electron chi connectivity index (χ4n) is 1.15. The molecule has 2 nitrogen and oxygen atoms in total. The summed E-state index contributed by atoms with van der Waals surface area (Å²) in [6.45, 7) is 3.35. The molecule has 0 aliphatic rings. The van der Waals surface area contributed by atoms with E-state index in [0.29, 0.717) is 10.6 Å². The molecule has 0 saturated heterocycles. The zero-order chi connectivity index (χ0) is 10.1. The van der Waals surface area contributed by atoms with Crippen LogP contribution < -0.4 is 0 Å². The van der Waals surface area contributed by atoms with Crippen molar-refractivity contribution in [3.05, 3.63) is 28.8 Å². The summed E-state index contributed by atoms with van der Waals surface area (Å²) in [6.07, 6.45) is 0. The van der Waals surface area contributed by atoms with E-state index in [1.807, 2.05) is 0 Å². The van der Waals surface area contributed by atoms with Crippen molar-refractivity contribution in [2.24, 2.45) is 0 Å². The highest BCUT2D eigenvalue weighted by Crippen LogP contribution is 2.25. The van der Waals surface area contributed by atoms with E-state index >= 15 is 0 Å². The van der Waals surface area contributed by atoms with Crippen molar-refractivity contribution in [2.45, 2.75) is 18.7 Å². The quantitative estimate of drug-likeness (QED) is 0.764. The Morgan fingerprint density at radius 3 is 2.46 bits per heavy atom. The normalized spacial score (nSPS) is 11.6. The van der Waals surface area contributed by atoms with Crippen molar-refractivity contribution in [3.63, 3.8) is 0 Å². The van der Waals surface area contributed by atoms with Gasteiger partial charge in [0.25, 0.3) is 0 Å². The van der Waals surface area contributed by atoms with Gasteiger partial charge in [0.05, 0.1) is 15.7 Å². The third-order valence-corrected chi connectivity index (χ3v) is 4.21. The number of halogens is 1. The lowest BCUT2D eigenvalue weighted by Crippen LogP contribution is -2.06. The van der Waals surface area contributed by atoms with Gasteiger partial charge >= 0.3 is 0 Å². The largest absolute Gasteiger partial charge is 0.224 e. The predicted octanol–water partition coefficient (Wildman–Crippen LogP) is 2.44. The van der Waals surface area contributed by atoms with E-state index in [4.69, 9.17) is 11.6 Å². The molecule has 0 saturated carbocycles. The molecule has 0 bridgehead atoms. The van der Waals surface area contributed by atoms with Crippen LogP contribution >= 0.6 is 11.6 Å². The summed E-state index contributed by atoms with van der Waals surface area (Å²) in [7, 11) is -3.19. The fourth-order valence-corrected chi connectivity index (χ4v) is 2.94. The van der Waals surface area contributed by atoms with Crippen LogP contribution in [0.15, 0.2) is 23.1 Å². The maximum atomic E-state index is 11.6. The number of aryl methyl sites for hydroxylation is 1. The Morgan fingerprint density at radius 2 is 2.00 bits per heavy atom. The minimum atomic E-state index is -3.19. The molecule has 0 amide bonds. The molecular weight excluding hydrogens is 208 g/mol. The van der Waals surface area contributed by atoms with Gasteiger partial charge in [-0.15, -0.1) is 0 Å². The topological polar surface area (TPSA) is 34.1 Å². The Hall–Kier alpha value is -0.540. The fraction of sp³-hybridized carbons (Fsp3) is 0.333. The molecule has 0 atom stereocenters. The van der Waals surface area contributed by atoms with Gasteiger partial charge in [-0.1, -0.05) is 30.7 Å². The second-order valence-electron chi connectivity index (χ2n) is 2.79. The molecule has 0 radical (unpaired) electrons. The Morgan fingerprint density at radius 1 is 1.38 bits per heavy atom. The summed E-state index contributed by atoms with van der Waals surface area (Å²) in [5, 5.41) is 0.307. The van der Waals surface area contributed by atoms with Gasteiger partial charge in [-0.3, -0.25) is 0 Å². The highest BCUT2D eigenvalue weighted by molar-refractivity contribution is 7.91. The minimum Gasteiger partial charge on any atom is -0.224 e. The van der Waals surface area contributed by atoms with Crippen LogP contribution in [0.25, 0.3) is 0 Å². The minimum absolute atomic E-state index is 0.0809. The van der Waals surface area contributed by atoms with Crippen molar-refractivity contribution in [1.82, 2.24) is 0 Å². The van der Waals surface area contributed by atoms with Crippen molar-refractivity contribution in [3.8, 4) is 0 Å². The van der Waals surface area contributed by atoms with Crippen LogP contribution in [0.1, 0.15) is 12.5 Å². The van der Waals surface area contributed by atoms with Gasteiger partial charge in [-0.05, 0) is 18.6 Å². The maximum absolute atomic E-state index is 11.6. The first-order chi connectivity index (χ1) is 5.99. The number of benzene rings is 1. The van der Waals surface area contributed by atoms with E-state index in [0.717, 1.165) is 0 Å². The van der Waals surface area contributed by atoms with Crippen LogP contribution in [0.2, 0.25) is 5.02 Å². The molecule has 1 rings (SSSR count). The zero-order valence-electron chi connectivity index (χ0n) is 7.54. The average molecular weight is 219 g/mol. The monoisotopic (exact) mass is 218 g/mol. The molecule has 0 unspecified atom stereocenters. The first-order valence-electron chi connectivity index (χ1n) is 3.97. The number of hydrogen-bond donors (Lipinski definition) is 0. The second-order valence-corrected chi connectivity index (χ2v) is 5.41. The summed E-state index contributed by atoms with van der Waals surface area (Å²) >= 11 is 5.81. The van der Waals surface area contributed by atoms with Crippen molar-refractivity contribution >= 4 is 21.4 Å². The molecule has 0 N–H and O–H groups in total. The molecule has 0 aliphatic carbocycles. The Bertz CT molecular complexity index is 389.